The van der Waals surface area contributed by atoms with E-state index >= 15 is 0 Å². The van der Waals surface area contributed by atoms with Gasteiger partial charge < -0.3 is 10.1 Å². The van der Waals surface area contributed by atoms with E-state index in [0.717, 1.165) is 5.56 Å². The third-order valence-electron chi connectivity index (χ3n) is 4.09. The van der Waals surface area contributed by atoms with E-state index in [1.807, 2.05) is 19.1 Å². The Morgan fingerprint density at radius 1 is 1.00 bits per heavy atom. The molecular formula is C23H20FN3O3. The van der Waals surface area contributed by atoms with Crippen molar-refractivity contribution in [3.63, 3.8) is 0 Å². The first-order chi connectivity index (χ1) is 14.5. The third kappa shape index (κ3) is 6.00. The summed E-state index contributed by atoms with van der Waals surface area (Å²) in [6, 6.07) is 19.5. The van der Waals surface area contributed by atoms with Crippen LogP contribution < -0.4 is 15.5 Å². The zero-order valence-corrected chi connectivity index (χ0v) is 16.3. The Morgan fingerprint density at radius 2 is 1.70 bits per heavy atom. The van der Waals surface area contributed by atoms with Crippen LogP contribution in [0.2, 0.25) is 0 Å². The Morgan fingerprint density at radius 3 is 2.43 bits per heavy atom. The minimum absolute atomic E-state index is 0.238. The SMILES string of the molecule is Cc1ccc(C(=O)NN=Cc2ccccc2OCC(=O)Nc2ccc(F)cc2)cc1. The fraction of sp³-hybridized carbons (Fsp3) is 0.0870. The number of nitrogens with one attached hydrogen (secondary N) is 2. The molecule has 0 spiro atoms. The first-order valence-electron chi connectivity index (χ1n) is 9.18. The average Bonchev–Trinajstić information content (AvgIpc) is 2.75. The number of ether oxygens (including phenoxy) is 1. The summed E-state index contributed by atoms with van der Waals surface area (Å²) >= 11 is 0. The molecule has 7 heteroatoms. The molecule has 3 aromatic rings. The molecule has 0 unspecified atom stereocenters. The van der Waals surface area contributed by atoms with Crippen molar-refractivity contribution in [2.24, 2.45) is 5.10 Å². The van der Waals surface area contributed by atoms with Crippen molar-refractivity contribution in [1.82, 2.24) is 5.43 Å². The van der Waals surface area contributed by atoms with Crippen LogP contribution in [0.15, 0.2) is 77.9 Å². The third-order valence-corrected chi connectivity index (χ3v) is 4.09. The van der Waals surface area contributed by atoms with Gasteiger partial charge in [0.05, 0.1) is 6.21 Å². The molecule has 3 aromatic carbocycles. The molecule has 0 saturated carbocycles. The number of hydrogen-bond donors (Lipinski definition) is 2. The van der Waals surface area contributed by atoms with Gasteiger partial charge in [-0.2, -0.15) is 5.10 Å². The lowest BCUT2D eigenvalue weighted by Crippen LogP contribution is -2.20. The lowest BCUT2D eigenvalue weighted by molar-refractivity contribution is -0.118. The second kappa shape index (κ2) is 9.97. The second-order valence-corrected chi connectivity index (χ2v) is 6.45. The van der Waals surface area contributed by atoms with Crippen LogP contribution in [0.25, 0.3) is 0 Å². The summed E-state index contributed by atoms with van der Waals surface area (Å²) in [7, 11) is 0. The lowest BCUT2D eigenvalue weighted by atomic mass is 10.1. The van der Waals surface area contributed by atoms with Crippen LogP contribution in [-0.4, -0.2) is 24.6 Å². The van der Waals surface area contributed by atoms with Crippen LogP contribution in [0.3, 0.4) is 0 Å². The highest BCUT2D eigenvalue weighted by Crippen LogP contribution is 2.16. The van der Waals surface area contributed by atoms with E-state index < -0.39 is 0 Å². The highest BCUT2D eigenvalue weighted by atomic mass is 19.1. The van der Waals surface area contributed by atoms with Gasteiger partial charge in [0.1, 0.15) is 11.6 Å². The number of hydrazone groups is 1. The van der Waals surface area contributed by atoms with Crippen molar-refractivity contribution in [2.45, 2.75) is 6.92 Å². The summed E-state index contributed by atoms with van der Waals surface area (Å²) in [5, 5.41) is 6.58. The van der Waals surface area contributed by atoms with Crippen molar-refractivity contribution < 1.29 is 18.7 Å². The summed E-state index contributed by atoms with van der Waals surface area (Å²) in [5.41, 5.74) is 5.09. The number of carbonyl (C=O) groups is 2. The number of carbonyl (C=O) groups excluding carboxylic acids is 2. The summed E-state index contributed by atoms with van der Waals surface area (Å²) in [6.45, 7) is 1.70. The zero-order chi connectivity index (χ0) is 21.3. The number of rotatable bonds is 7. The molecule has 0 aliphatic heterocycles. The number of para-hydroxylation sites is 1. The molecule has 0 aliphatic carbocycles. The van der Waals surface area contributed by atoms with Gasteiger partial charge in [-0.15, -0.1) is 0 Å². The molecule has 0 radical (unpaired) electrons. The average molecular weight is 405 g/mol. The molecule has 0 aliphatic rings. The maximum absolute atomic E-state index is 12.9. The number of hydrogen-bond acceptors (Lipinski definition) is 4. The molecule has 2 amide bonds. The van der Waals surface area contributed by atoms with Gasteiger partial charge in [-0.25, -0.2) is 9.82 Å². The van der Waals surface area contributed by atoms with E-state index in [1.165, 1.54) is 30.5 Å². The molecular weight excluding hydrogens is 385 g/mol. The minimum Gasteiger partial charge on any atom is -0.483 e. The number of nitrogens with zero attached hydrogens (tertiary/aromatic N) is 1. The number of anilines is 1. The molecule has 0 saturated heterocycles. The van der Waals surface area contributed by atoms with Gasteiger partial charge in [0.2, 0.25) is 0 Å². The van der Waals surface area contributed by atoms with E-state index in [-0.39, 0.29) is 24.2 Å². The van der Waals surface area contributed by atoms with Crippen LogP contribution in [0.5, 0.6) is 5.75 Å². The Balaban J connectivity index is 1.56. The largest absolute Gasteiger partial charge is 0.483 e. The molecule has 0 fully saturated rings. The normalized spacial score (nSPS) is 10.6. The Kier molecular flexibility index (Phi) is 6.89. The second-order valence-electron chi connectivity index (χ2n) is 6.45. The van der Waals surface area contributed by atoms with Crippen LogP contribution in [0.1, 0.15) is 21.5 Å². The zero-order valence-electron chi connectivity index (χ0n) is 16.3. The molecule has 0 bridgehead atoms. The summed E-state index contributed by atoms with van der Waals surface area (Å²) in [6.07, 6.45) is 1.44. The van der Waals surface area contributed by atoms with Gasteiger partial charge in [0, 0.05) is 16.8 Å². The van der Waals surface area contributed by atoms with Crippen LogP contribution in [0, 0.1) is 12.7 Å². The number of halogens is 1. The van der Waals surface area contributed by atoms with Crippen molar-refractivity contribution in [3.05, 3.63) is 95.3 Å². The summed E-state index contributed by atoms with van der Waals surface area (Å²) in [4.78, 5) is 24.2. The molecule has 6 nitrogen and oxygen atoms in total. The highest BCUT2D eigenvalue weighted by molar-refractivity contribution is 5.95. The van der Waals surface area contributed by atoms with Gasteiger partial charge in [-0.05, 0) is 55.5 Å². The smallest absolute Gasteiger partial charge is 0.271 e. The first-order valence-corrected chi connectivity index (χ1v) is 9.18. The molecule has 2 N–H and O–H groups in total. The topological polar surface area (TPSA) is 79.8 Å². The standard InChI is InChI=1S/C23H20FN3O3/c1-16-6-8-17(9-7-16)23(29)27-25-14-18-4-2-3-5-21(18)30-15-22(28)26-20-12-10-19(24)11-13-20/h2-14H,15H2,1H3,(H,26,28)(H,27,29). The van der Waals surface area contributed by atoms with Gasteiger partial charge in [-0.1, -0.05) is 29.8 Å². The first kappa shape index (κ1) is 20.7. The van der Waals surface area contributed by atoms with Gasteiger partial charge in [0.25, 0.3) is 11.8 Å². The van der Waals surface area contributed by atoms with Crippen LogP contribution in [0.4, 0.5) is 10.1 Å². The molecule has 0 aromatic heterocycles. The van der Waals surface area contributed by atoms with Crippen molar-refractivity contribution in [2.75, 3.05) is 11.9 Å². The van der Waals surface area contributed by atoms with Crippen LogP contribution in [-0.2, 0) is 4.79 Å². The van der Waals surface area contributed by atoms with E-state index in [4.69, 9.17) is 4.74 Å². The predicted molar refractivity (Wildman–Crippen MR) is 113 cm³/mol. The minimum atomic E-state index is -0.388. The van der Waals surface area contributed by atoms with Crippen molar-refractivity contribution in [3.8, 4) is 5.75 Å². The van der Waals surface area contributed by atoms with Gasteiger partial charge in [-0.3, -0.25) is 9.59 Å². The monoisotopic (exact) mass is 405 g/mol. The fourth-order valence-corrected chi connectivity index (χ4v) is 2.52. The highest BCUT2D eigenvalue weighted by Gasteiger charge is 2.07. The summed E-state index contributed by atoms with van der Waals surface area (Å²) < 4.78 is 18.5. The maximum Gasteiger partial charge on any atom is 0.271 e. The van der Waals surface area contributed by atoms with Crippen molar-refractivity contribution in [1.29, 1.82) is 0 Å². The fourth-order valence-electron chi connectivity index (χ4n) is 2.52. The number of aryl methyl sites for hydroxylation is 1. The Labute approximate surface area is 173 Å². The Bertz CT molecular complexity index is 1050. The van der Waals surface area contributed by atoms with E-state index in [1.54, 1.807) is 36.4 Å². The summed E-state index contributed by atoms with van der Waals surface area (Å²) in [5.74, 6) is -0.670. The van der Waals surface area contributed by atoms with Gasteiger partial charge in [0.15, 0.2) is 6.61 Å². The van der Waals surface area contributed by atoms with Gasteiger partial charge >= 0.3 is 0 Å². The molecule has 30 heavy (non-hydrogen) atoms. The van der Waals surface area contributed by atoms with E-state index in [9.17, 15) is 14.0 Å². The van der Waals surface area contributed by atoms with E-state index in [0.29, 0.717) is 22.6 Å². The Hall–Kier alpha value is -4.00. The quantitative estimate of drug-likeness (QED) is 0.462. The molecule has 0 heterocycles. The lowest BCUT2D eigenvalue weighted by Gasteiger charge is -2.09. The van der Waals surface area contributed by atoms with Crippen molar-refractivity contribution >= 4 is 23.7 Å². The maximum atomic E-state index is 12.9. The molecule has 0 atom stereocenters. The number of amides is 2. The molecule has 152 valence electrons. The van der Waals surface area contributed by atoms with Crippen LogP contribution >= 0.6 is 0 Å². The molecule has 3 rings (SSSR count). The van der Waals surface area contributed by atoms with E-state index in [2.05, 4.69) is 15.8 Å². The predicted octanol–water partition coefficient (Wildman–Crippen LogP) is 3.92. The number of benzene rings is 3.